The molecule has 0 amide bonds. The molecule has 0 fully saturated rings. The highest BCUT2D eigenvalue weighted by molar-refractivity contribution is 5.42. The van der Waals surface area contributed by atoms with E-state index in [4.69, 9.17) is 30.6 Å². The first kappa shape index (κ1) is 39.7. The zero-order chi connectivity index (χ0) is 32.8. The summed E-state index contributed by atoms with van der Waals surface area (Å²) in [5.41, 5.74) is 4.00. The predicted octanol–water partition coefficient (Wildman–Crippen LogP) is 6.67. The van der Waals surface area contributed by atoms with Crippen LogP contribution < -0.4 is 0 Å². The molecule has 0 spiro atoms. The van der Waals surface area contributed by atoms with E-state index in [0.717, 1.165) is 31.1 Å². The highest BCUT2D eigenvalue weighted by Gasteiger charge is 2.20. The number of aliphatic imine (C=N–C) groups is 2. The van der Waals surface area contributed by atoms with Crippen molar-refractivity contribution in [3.05, 3.63) is 108 Å². The van der Waals surface area contributed by atoms with Crippen LogP contribution in [0.3, 0.4) is 0 Å². The highest BCUT2D eigenvalue weighted by atomic mass is 16.1. The number of nitrogens with one attached hydrogen (secondary N) is 3. The van der Waals surface area contributed by atoms with Gasteiger partial charge in [-0.25, -0.2) is 50.2 Å². The van der Waals surface area contributed by atoms with E-state index in [1.54, 1.807) is 6.08 Å². The van der Waals surface area contributed by atoms with Crippen LogP contribution in [0.5, 0.6) is 0 Å². The molecule has 0 aliphatic rings. The summed E-state index contributed by atoms with van der Waals surface area (Å²) in [5.74, 6) is 0.766. The van der Waals surface area contributed by atoms with E-state index in [1.165, 1.54) is 22.8 Å². The molecular weight excluding hydrogens is 546 g/mol. The fourth-order valence-corrected chi connectivity index (χ4v) is 4.20. The molecule has 0 saturated carbocycles. The molecule has 3 rings (SSSR count). The Labute approximate surface area is 252 Å². The van der Waals surface area contributed by atoms with Gasteiger partial charge in [0.1, 0.15) is 0 Å². The Kier molecular flexibility index (Phi) is 24.7. The van der Waals surface area contributed by atoms with E-state index in [1.807, 2.05) is 0 Å². The molecule has 3 aromatic rings. The summed E-state index contributed by atoms with van der Waals surface area (Å²) >= 11 is 0. The van der Waals surface area contributed by atoms with Crippen molar-refractivity contribution in [2.45, 2.75) is 39.5 Å². The van der Waals surface area contributed by atoms with Crippen LogP contribution in [-0.4, -0.2) is 43.5 Å². The van der Waals surface area contributed by atoms with Gasteiger partial charge < -0.3 is 0 Å². The van der Waals surface area contributed by atoms with Gasteiger partial charge in [0.2, 0.25) is 30.4 Å². The summed E-state index contributed by atoms with van der Waals surface area (Å²) in [6.45, 7) is 7.25. The van der Waals surface area contributed by atoms with Crippen molar-refractivity contribution in [3.8, 4) is 0 Å². The molecule has 3 N–H and O–H groups in total. The molecule has 0 aliphatic carbocycles. The third kappa shape index (κ3) is 21.0. The van der Waals surface area contributed by atoms with Gasteiger partial charge in [0.05, 0.1) is 13.1 Å². The molecule has 0 radical (unpaired) electrons. The maximum Gasteiger partial charge on any atom is 0.234 e. The molecular formula is C33H37N5O5. The van der Waals surface area contributed by atoms with Crippen molar-refractivity contribution in [2.24, 2.45) is 21.3 Å². The van der Waals surface area contributed by atoms with Crippen molar-refractivity contribution >= 4 is 30.4 Å². The second-order valence-corrected chi connectivity index (χ2v) is 9.61. The molecule has 1 atom stereocenters. The quantitative estimate of drug-likeness (QED) is 0.137. The Morgan fingerprint density at radius 1 is 0.628 bits per heavy atom. The number of hydrogen-bond donors (Lipinski definition) is 3. The van der Waals surface area contributed by atoms with Crippen LogP contribution in [0.4, 0.5) is 0 Å². The topological polar surface area (TPSA) is 182 Å². The summed E-state index contributed by atoms with van der Waals surface area (Å²) in [5, 5.41) is 16.2. The monoisotopic (exact) mass is 583 g/mol. The zero-order valence-corrected chi connectivity index (χ0v) is 24.6. The zero-order valence-electron chi connectivity index (χ0n) is 24.6. The Morgan fingerprint density at radius 3 is 1.26 bits per heavy atom. The average molecular weight is 584 g/mol. The Balaban J connectivity index is 0. The molecule has 0 bridgehead atoms. The van der Waals surface area contributed by atoms with E-state index in [9.17, 15) is 9.59 Å². The van der Waals surface area contributed by atoms with Gasteiger partial charge in [-0.1, -0.05) is 112 Å². The molecule has 0 saturated heterocycles. The van der Waals surface area contributed by atoms with Gasteiger partial charge in [-0.2, -0.15) is 0 Å². The van der Waals surface area contributed by atoms with Crippen LogP contribution in [0.25, 0.3) is 0 Å². The van der Waals surface area contributed by atoms with E-state index in [0.29, 0.717) is 24.9 Å². The van der Waals surface area contributed by atoms with E-state index < -0.39 is 0 Å². The van der Waals surface area contributed by atoms with Gasteiger partial charge in [0, 0.05) is 5.92 Å². The fraction of sp³-hybridized carbons (Fsp3) is 0.303. The standard InChI is InChI=1S/C19H16.C11H18N2O2.3CHNO/c1-4-10-16(11-5-1)19(17-12-6-2-7-13-17)18-14-8-3-9-15-18;1-10(4-5-12-8-14)6-11(2,3)7-13-9-15;3*2-1-3/h1-15,19H;10H,4-7H2,1-3H3;3*2H. The van der Waals surface area contributed by atoms with Gasteiger partial charge >= 0.3 is 0 Å². The Morgan fingerprint density at radius 2 is 0.953 bits per heavy atom. The van der Waals surface area contributed by atoms with E-state index >= 15 is 0 Å². The van der Waals surface area contributed by atoms with Crippen LogP contribution >= 0.6 is 0 Å². The lowest BCUT2D eigenvalue weighted by molar-refractivity contribution is 0.280. The SMILES string of the molecule is CC(CCN=C=O)CC(C)(C)CN=C=O.N=C=O.N=C=O.N=C=O.c1ccc(C(c2ccccc2)c2ccccc2)cc1. The van der Waals surface area contributed by atoms with Gasteiger partial charge in [-0.3, -0.25) is 0 Å². The smallest absolute Gasteiger partial charge is 0.222 e. The van der Waals surface area contributed by atoms with Gasteiger partial charge in [-0.15, -0.1) is 0 Å². The highest BCUT2D eigenvalue weighted by Crippen LogP contribution is 2.31. The molecule has 43 heavy (non-hydrogen) atoms. The number of rotatable bonds is 10. The lowest BCUT2D eigenvalue weighted by Crippen LogP contribution is -2.19. The maximum atomic E-state index is 10.00. The van der Waals surface area contributed by atoms with Gasteiger partial charge in [-0.05, 0) is 40.9 Å². The summed E-state index contributed by atoms with van der Waals surface area (Å²) in [7, 11) is 0. The van der Waals surface area contributed by atoms with Crippen LogP contribution in [0, 0.1) is 27.6 Å². The van der Waals surface area contributed by atoms with Crippen molar-refractivity contribution in [3.63, 3.8) is 0 Å². The summed E-state index contributed by atoms with van der Waals surface area (Å²) in [6, 6.07) is 32.0. The molecule has 0 aromatic heterocycles. The van der Waals surface area contributed by atoms with Crippen LogP contribution in [-0.2, 0) is 24.0 Å². The second-order valence-electron chi connectivity index (χ2n) is 9.61. The number of isocyanates is 5. The number of benzene rings is 3. The third-order valence-corrected chi connectivity index (χ3v) is 5.67. The van der Waals surface area contributed by atoms with E-state index in [2.05, 4.69) is 122 Å². The normalized spacial score (nSPS) is 9.58. The minimum atomic E-state index is 0.00171. The summed E-state index contributed by atoms with van der Waals surface area (Å²) in [4.78, 5) is 52.0. The molecule has 1 unspecified atom stereocenters. The van der Waals surface area contributed by atoms with Crippen LogP contribution in [0.2, 0.25) is 0 Å². The number of nitrogens with zero attached hydrogens (tertiary/aromatic N) is 2. The summed E-state index contributed by atoms with van der Waals surface area (Å²) in [6.07, 6.45) is 7.15. The first-order valence-electron chi connectivity index (χ1n) is 13.0. The van der Waals surface area contributed by atoms with Crippen molar-refractivity contribution in [1.29, 1.82) is 16.2 Å². The minimum Gasteiger partial charge on any atom is -0.222 e. The molecule has 0 aliphatic heterocycles. The molecule has 224 valence electrons. The molecule has 0 heterocycles. The largest absolute Gasteiger partial charge is 0.234 e. The van der Waals surface area contributed by atoms with Gasteiger partial charge in [0.25, 0.3) is 0 Å². The van der Waals surface area contributed by atoms with Crippen molar-refractivity contribution in [1.82, 2.24) is 0 Å². The van der Waals surface area contributed by atoms with Crippen molar-refractivity contribution in [2.75, 3.05) is 13.1 Å². The first-order chi connectivity index (χ1) is 20.7. The molecule has 10 heteroatoms. The van der Waals surface area contributed by atoms with Crippen molar-refractivity contribution < 1.29 is 24.0 Å². The fourth-order valence-electron chi connectivity index (χ4n) is 4.20. The molecule has 10 nitrogen and oxygen atoms in total. The lowest BCUT2D eigenvalue weighted by atomic mass is 9.82. The average Bonchev–Trinajstić information content (AvgIpc) is 2.99. The van der Waals surface area contributed by atoms with E-state index in [-0.39, 0.29) is 5.41 Å². The maximum absolute atomic E-state index is 10.00. The molecule has 3 aromatic carbocycles. The second kappa shape index (κ2) is 26.8. The Bertz CT molecular complexity index is 1210. The summed E-state index contributed by atoms with van der Waals surface area (Å²) < 4.78 is 0. The Hall–Kier alpha value is -5.44. The van der Waals surface area contributed by atoms with Crippen LogP contribution in [0.1, 0.15) is 56.2 Å². The minimum absolute atomic E-state index is 0.00171. The first-order valence-corrected chi connectivity index (χ1v) is 13.0. The third-order valence-electron chi connectivity index (χ3n) is 5.67. The van der Waals surface area contributed by atoms with Gasteiger partial charge in [0.15, 0.2) is 0 Å². The van der Waals surface area contributed by atoms with Crippen LogP contribution in [0.15, 0.2) is 101 Å². The predicted molar refractivity (Wildman–Crippen MR) is 164 cm³/mol. The lowest BCUT2D eigenvalue weighted by Gasteiger charge is -2.25. The number of carbonyl (C=O) groups excluding carboxylic acids is 5. The number of hydrogen-bond acceptors (Lipinski definition) is 10.